The normalized spacial score (nSPS) is 13.8. The van der Waals surface area contributed by atoms with Crippen LogP contribution in [0.25, 0.3) is 76.2 Å². The topological polar surface area (TPSA) is 27.3 Å². The number of hydrogen-bond donors (Lipinski definition) is 0. The summed E-state index contributed by atoms with van der Waals surface area (Å²) in [6.07, 6.45) is 0. The first-order valence-corrected chi connectivity index (χ1v) is 16.2. The minimum atomic E-state index is -0.0558. The second-order valence-corrected chi connectivity index (χ2v) is 13.2. The zero-order valence-electron chi connectivity index (χ0n) is 24.9. The quantitative estimate of drug-likeness (QED) is 0.164. The number of fused-ring (bicyclic) bond motifs is 18. The van der Waals surface area contributed by atoms with Crippen LogP contribution in [-0.4, -0.2) is 15.5 Å². The van der Waals surface area contributed by atoms with E-state index in [-0.39, 0.29) is 6.71 Å². The van der Waals surface area contributed by atoms with Crippen molar-refractivity contribution >= 4 is 99.3 Å². The van der Waals surface area contributed by atoms with Crippen molar-refractivity contribution in [2.45, 2.75) is 0 Å². The molecule has 7 aromatic carbocycles. The van der Waals surface area contributed by atoms with Gasteiger partial charge in [0, 0.05) is 37.8 Å². The lowest BCUT2D eigenvalue weighted by Gasteiger charge is -2.33. The van der Waals surface area contributed by atoms with Gasteiger partial charge in [-0.1, -0.05) is 91.0 Å². The van der Waals surface area contributed by atoms with Gasteiger partial charge < -0.3 is 18.3 Å². The first kappa shape index (κ1) is 23.2. The first-order chi connectivity index (χ1) is 23.3. The van der Waals surface area contributed by atoms with Crippen molar-refractivity contribution in [3.05, 3.63) is 127 Å². The molecular formula is C42H21BN2O2. The Labute approximate surface area is 267 Å². The summed E-state index contributed by atoms with van der Waals surface area (Å²) in [5.41, 5.74) is 10.8. The summed E-state index contributed by atoms with van der Waals surface area (Å²) >= 11 is 0. The number of hydrogen-bond acceptors (Lipinski definition) is 2. The fourth-order valence-electron chi connectivity index (χ4n) is 9.35. The largest absolute Gasteiger partial charge is 0.458 e. The maximum absolute atomic E-state index is 7.02. The molecule has 0 unspecified atom stereocenters. The summed E-state index contributed by atoms with van der Waals surface area (Å²) in [6, 6.07) is 46.2. The molecule has 13 rings (SSSR count). The summed E-state index contributed by atoms with van der Waals surface area (Å²) in [4.78, 5) is 0. The van der Waals surface area contributed by atoms with Crippen molar-refractivity contribution in [3.8, 4) is 23.0 Å². The van der Waals surface area contributed by atoms with E-state index in [2.05, 4.69) is 136 Å². The Morgan fingerprint density at radius 3 is 1.28 bits per heavy atom. The molecule has 0 radical (unpaired) electrons. The Morgan fingerprint density at radius 1 is 0.404 bits per heavy atom. The Kier molecular flexibility index (Phi) is 3.75. The van der Waals surface area contributed by atoms with Crippen LogP contribution in [0, 0.1) is 0 Å². The predicted molar refractivity (Wildman–Crippen MR) is 193 cm³/mol. The molecule has 0 fully saturated rings. The molecular weight excluding hydrogens is 575 g/mol. The highest BCUT2D eigenvalue weighted by molar-refractivity contribution is 6.99. The molecule has 0 bridgehead atoms. The molecule has 2 aliphatic rings. The Morgan fingerprint density at radius 2 is 0.809 bits per heavy atom. The molecule has 6 heterocycles. The fraction of sp³-hybridized carbons (Fsp3) is 0. The van der Waals surface area contributed by atoms with Gasteiger partial charge in [-0.25, -0.2) is 0 Å². The highest BCUT2D eigenvalue weighted by atomic mass is 16.5. The van der Waals surface area contributed by atoms with Crippen molar-refractivity contribution in [2.24, 2.45) is 0 Å². The second-order valence-electron chi connectivity index (χ2n) is 13.2. The summed E-state index contributed by atoms with van der Waals surface area (Å²) < 4.78 is 18.9. The lowest BCUT2D eigenvalue weighted by atomic mass is 9.34. The van der Waals surface area contributed by atoms with Crippen molar-refractivity contribution < 1.29 is 9.47 Å². The lowest BCUT2D eigenvalue weighted by Crippen LogP contribution is -2.57. The summed E-state index contributed by atoms with van der Waals surface area (Å²) in [5, 5.41) is 9.84. The van der Waals surface area contributed by atoms with Gasteiger partial charge in [0.2, 0.25) is 0 Å². The average molecular weight is 596 g/mol. The van der Waals surface area contributed by atoms with Crippen LogP contribution < -0.4 is 25.9 Å². The van der Waals surface area contributed by atoms with E-state index in [4.69, 9.17) is 9.47 Å². The number of benzene rings is 7. The van der Waals surface area contributed by atoms with Crippen LogP contribution >= 0.6 is 0 Å². The SMILES string of the molecule is c1cc2c3c(c1)Oc1c(cc4c5ccccc5n5c6ccccc6c1c45)B3c1cc3c4ccccc4n4c5ccccc5c(c1O2)c34. The van der Waals surface area contributed by atoms with E-state index in [1.54, 1.807) is 0 Å². The standard InChI is InChI=1S/C42H21BN2O2/c1-5-14-30-22(10-1)26-20-28-41(36-24-12-3-7-16-32(24)44(30)39(26)36)46-34-18-9-19-35-38(34)43(28)29-21-27-23-11-2-6-15-31(23)45-33-17-8-4-13-25(33)37(40(27)45)42(29)47-35/h1-21H. The molecule has 4 aromatic heterocycles. The van der Waals surface area contributed by atoms with Gasteiger partial charge in [-0.3, -0.25) is 0 Å². The minimum Gasteiger partial charge on any atom is -0.458 e. The molecule has 47 heavy (non-hydrogen) atoms. The van der Waals surface area contributed by atoms with E-state index in [1.807, 2.05) is 0 Å². The predicted octanol–water partition coefficient (Wildman–Crippen LogP) is 8.71. The van der Waals surface area contributed by atoms with Crippen molar-refractivity contribution in [2.75, 3.05) is 0 Å². The maximum Gasteiger partial charge on any atom is 0.260 e. The van der Waals surface area contributed by atoms with E-state index < -0.39 is 0 Å². The highest BCUT2D eigenvalue weighted by Crippen LogP contribution is 2.48. The Bertz CT molecular complexity index is 2990. The van der Waals surface area contributed by atoms with Gasteiger partial charge in [-0.2, -0.15) is 0 Å². The molecule has 0 saturated heterocycles. The third-order valence-corrected chi connectivity index (χ3v) is 11.1. The summed E-state index contributed by atoms with van der Waals surface area (Å²) in [6.45, 7) is -0.0558. The molecule has 0 atom stereocenters. The fourth-order valence-corrected chi connectivity index (χ4v) is 9.35. The lowest BCUT2D eigenvalue weighted by molar-refractivity contribution is 0.470. The van der Waals surface area contributed by atoms with Crippen molar-refractivity contribution in [3.63, 3.8) is 0 Å². The van der Waals surface area contributed by atoms with Gasteiger partial charge in [-0.15, -0.1) is 0 Å². The van der Waals surface area contributed by atoms with Gasteiger partial charge in [-0.05, 0) is 47.3 Å². The van der Waals surface area contributed by atoms with Crippen molar-refractivity contribution in [1.82, 2.24) is 8.80 Å². The van der Waals surface area contributed by atoms with Crippen molar-refractivity contribution in [1.29, 1.82) is 0 Å². The van der Waals surface area contributed by atoms with Gasteiger partial charge in [0.15, 0.2) is 0 Å². The van der Waals surface area contributed by atoms with Crippen LogP contribution in [0.3, 0.4) is 0 Å². The molecule has 0 spiro atoms. The van der Waals surface area contributed by atoms with Gasteiger partial charge >= 0.3 is 0 Å². The maximum atomic E-state index is 7.02. The van der Waals surface area contributed by atoms with E-state index >= 15 is 0 Å². The molecule has 4 nitrogen and oxygen atoms in total. The van der Waals surface area contributed by atoms with Crippen LogP contribution in [0.2, 0.25) is 0 Å². The van der Waals surface area contributed by atoms with E-state index in [9.17, 15) is 0 Å². The molecule has 11 aromatic rings. The third-order valence-electron chi connectivity index (χ3n) is 11.1. The van der Waals surface area contributed by atoms with Crippen LogP contribution in [-0.2, 0) is 0 Å². The molecule has 5 heteroatoms. The molecule has 0 saturated carbocycles. The third kappa shape index (κ3) is 2.47. The second kappa shape index (κ2) is 7.60. The zero-order valence-corrected chi connectivity index (χ0v) is 24.9. The average Bonchev–Trinajstić information content (AvgIpc) is 3.84. The monoisotopic (exact) mass is 596 g/mol. The summed E-state index contributed by atoms with van der Waals surface area (Å²) in [7, 11) is 0. The van der Waals surface area contributed by atoms with Gasteiger partial charge in [0.1, 0.15) is 23.0 Å². The minimum absolute atomic E-state index is 0.0558. The molecule has 0 N–H and O–H groups in total. The van der Waals surface area contributed by atoms with Gasteiger partial charge in [0.25, 0.3) is 6.71 Å². The van der Waals surface area contributed by atoms with Crippen LogP contribution in [0.4, 0.5) is 0 Å². The smallest absolute Gasteiger partial charge is 0.260 e. The number of aromatic nitrogens is 2. The molecule has 0 amide bonds. The van der Waals surface area contributed by atoms with Crippen LogP contribution in [0.5, 0.6) is 23.0 Å². The van der Waals surface area contributed by atoms with Crippen LogP contribution in [0.15, 0.2) is 127 Å². The Balaban J connectivity index is 1.26. The van der Waals surface area contributed by atoms with E-state index in [0.29, 0.717) is 0 Å². The molecule has 214 valence electrons. The number of ether oxygens (including phenoxy) is 2. The number of nitrogens with zero attached hydrogens (tertiary/aromatic N) is 2. The van der Waals surface area contributed by atoms with E-state index in [1.165, 1.54) is 87.1 Å². The first-order valence-electron chi connectivity index (χ1n) is 16.2. The number of para-hydroxylation sites is 4. The molecule has 0 aliphatic carbocycles. The zero-order chi connectivity index (χ0) is 30.1. The molecule has 2 aliphatic heterocycles. The van der Waals surface area contributed by atoms with Gasteiger partial charge in [0.05, 0.1) is 43.9 Å². The van der Waals surface area contributed by atoms with Crippen LogP contribution in [0.1, 0.15) is 0 Å². The number of rotatable bonds is 0. The highest BCUT2D eigenvalue weighted by Gasteiger charge is 2.43. The summed E-state index contributed by atoms with van der Waals surface area (Å²) in [5.74, 6) is 3.64. The Hall–Kier alpha value is -6.20. The van der Waals surface area contributed by atoms with E-state index in [0.717, 1.165) is 28.5 Å².